The highest BCUT2D eigenvalue weighted by Gasteiger charge is 2.15. The fourth-order valence-electron chi connectivity index (χ4n) is 2.03. The molecule has 1 heterocycles. The number of fused-ring (bicyclic) bond motifs is 1. The van der Waals surface area contributed by atoms with Gasteiger partial charge in [-0.2, -0.15) is 5.10 Å². The van der Waals surface area contributed by atoms with Crippen LogP contribution in [0.2, 0.25) is 0 Å². The summed E-state index contributed by atoms with van der Waals surface area (Å²) in [5.41, 5.74) is 4.25. The molecule has 0 unspecified atom stereocenters. The molecule has 1 N–H and O–H groups in total. The minimum absolute atomic E-state index is 0.167. The largest absolute Gasteiger partial charge is 0.454 e. The number of ether oxygens (including phenoxy) is 2. The van der Waals surface area contributed by atoms with E-state index in [-0.39, 0.29) is 12.7 Å². The first kappa shape index (κ1) is 14.6. The molecule has 0 aromatic heterocycles. The highest BCUT2D eigenvalue weighted by Crippen LogP contribution is 2.36. The van der Waals surface area contributed by atoms with Gasteiger partial charge in [-0.15, -0.1) is 0 Å². The Kier molecular flexibility index (Phi) is 4.39. The van der Waals surface area contributed by atoms with Crippen molar-refractivity contribution >= 4 is 28.1 Å². The molecule has 2 aromatic carbocycles. The van der Waals surface area contributed by atoms with E-state index in [0.717, 1.165) is 15.6 Å². The molecule has 0 atom stereocenters. The number of rotatable bonds is 4. The smallest absolute Gasteiger partial charge is 0.244 e. The summed E-state index contributed by atoms with van der Waals surface area (Å²) in [4.78, 5) is 11.8. The Morgan fingerprint density at radius 2 is 1.95 bits per heavy atom. The Balaban J connectivity index is 1.61. The highest BCUT2D eigenvalue weighted by atomic mass is 79.9. The third-order valence-electron chi connectivity index (χ3n) is 3.09. The SMILES string of the molecule is O=C(Cc1ccccc1)N/N=C/c1cc2c(cc1Br)OCO2. The molecule has 5 nitrogen and oxygen atoms in total. The molecular formula is C16H13BrN2O3. The lowest BCUT2D eigenvalue weighted by Gasteiger charge is -2.02. The van der Waals surface area contributed by atoms with Crippen LogP contribution in [0.25, 0.3) is 0 Å². The second-order valence-electron chi connectivity index (χ2n) is 4.68. The van der Waals surface area contributed by atoms with E-state index in [1.807, 2.05) is 36.4 Å². The van der Waals surface area contributed by atoms with Gasteiger partial charge < -0.3 is 9.47 Å². The zero-order valence-electron chi connectivity index (χ0n) is 11.6. The number of amides is 1. The number of carbonyl (C=O) groups is 1. The maximum Gasteiger partial charge on any atom is 0.244 e. The molecule has 22 heavy (non-hydrogen) atoms. The molecule has 3 rings (SSSR count). The molecule has 0 radical (unpaired) electrons. The van der Waals surface area contributed by atoms with E-state index in [1.165, 1.54) is 0 Å². The van der Waals surface area contributed by atoms with Gasteiger partial charge in [0, 0.05) is 10.0 Å². The monoisotopic (exact) mass is 360 g/mol. The van der Waals surface area contributed by atoms with E-state index in [0.29, 0.717) is 17.9 Å². The minimum atomic E-state index is -0.167. The van der Waals surface area contributed by atoms with Crippen molar-refractivity contribution in [2.45, 2.75) is 6.42 Å². The third kappa shape index (κ3) is 3.46. The number of hydrogen-bond acceptors (Lipinski definition) is 4. The summed E-state index contributed by atoms with van der Waals surface area (Å²) < 4.78 is 11.4. The van der Waals surface area contributed by atoms with Crippen LogP contribution in [0.5, 0.6) is 11.5 Å². The Labute approximate surface area is 136 Å². The van der Waals surface area contributed by atoms with Gasteiger partial charge >= 0.3 is 0 Å². The van der Waals surface area contributed by atoms with Crippen LogP contribution in [-0.4, -0.2) is 18.9 Å². The summed E-state index contributed by atoms with van der Waals surface area (Å²) in [6, 6.07) is 13.1. The van der Waals surface area contributed by atoms with Crippen molar-refractivity contribution in [1.29, 1.82) is 0 Å². The maximum atomic E-state index is 11.8. The molecule has 1 aliphatic rings. The first-order valence-corrected chi connectivity index (χ1v) is 7.46. The van der Waals surface area contributed by atoms with E-state index in [2.05, 4.69) is 26.5 Å². The van der Waals surface area contributed by atoms with Crippen molar-refractivity contribution in [3.05, 3.63) is 58.1 Å². The maximum absolute atomic E-state index is 11.8. The number of carbonyl (C=O) groups excluding carboxylic acids is 1. The summed E-state index contributed by atoms with van der Waals surface area (Å²) in [5.74, 6) is 1.19. The van der Waals surface area contributed by atoms with Crippen LogP contribution >= 0.6 is 15.9 Å². The average molecular weight is 361 g/mol. The Hall–Kier alpha value is -2.34. The van der Waals surface area contributed by atoms with E-state index in [4.69, 9.17) is 9.47 Å². The zero-order chi connectivity index (χ0) is 15.4. The fraction of sp³-hybridized carbons (Fsp3) is 0.125. The first-order valence-electron chi connectivity index (χ1n) is 6.67. The molecule has 0 bridgehead atoms. The Bertz CT molecular complexity index is 717. The summed E-state index contributed by atoms with van der Waals surface area (Å²) in [6.45, 7) is 0.218. The van der Waals surface area contributed by atoms with Crippen LogP contribution in [0.3, 0.4) is 0 Å². The van der Waals surface area contributed by atoms with Crippen molar-refractivity contribution < 1.29 is 14.3 Å². The van der Waals surface area contributed by atoms with Crippen LogP contribution in [0.4, 0.5) is 0 Å². The summed E-state index contributed by atoms with van der Waals surface area (Å²) in [7, 11) is 0. The molecule has 0 saturated heterocycles. The molecule has 0 fully saturated rings. The van der Waals surface area contributed by atoms with Crippen LogP contribution in [0.1, 0.15) is 11.1 Å². The van der Waals surface area contributed by atoms with Crippen LogP contribution < -0.4 is 14.9 Å². The van der Waals surface area contributed by atoms with Gasteiger partial charge in [-0.05, 0) is 33.6 Å². The minimum Gasteiger partial charge on any atom is -0.454 e. The molecule has 1 amide bonds. The normalized spacial score (nSPS) is 12.6. The van der Waals surface area contributed by atoms with Gasteiger partial charge in [0.1, 0.15) is 0 Å². The molecule has 112 valence electrons. The van der Waals surface area contributed by atoms with E-state index in [1.54, 1.807) is 12.3 Å². The molecule has 1 aliphatic heterocycles. The number of hydrogen-bond donors (Lipinski definition) is 1. The van der Waals surface area contributed by atoms with Crippen LogP contribution in [-0.2, 0) is 11.2 Å². The summed E-state index contributed by atoms with van der Waals surface area (Å²) >= 11 is 3.43. The molecular weight excluding hydrogens is 348 g/mol. The van der Waals surface area contributed by atoms with Gasteiger partial charge in [0.25, 0.3) is 0 Å². The lowest BCUT2D eigenvalue weighted by atomic mass is 10.1. The second-order valence-corrected chi connectivity index (χ2v) is 5.54. The van der Waals surface area contributed by atoms with Gasteiger partial charge in [-0.1, -0.05) is 30.3 Å². The first-order chi connectivity index (χ1) is 10.7. The number of nitrogens with one attached hydrogen (secondary N) is 1. The molecule has 6 heteroatoms. The van der Waals surface area contributed by atoms with Gasteiger partial charge in [-0.3, -0.25) is 4.79 Å². The molecule has 0 spiro atoms. The Morgan fingerprint density at radius 1 is 1.23 bits per heavy atom. The van der Waals surface area contributed by atoms with E-state index in [9.17, 15) is 4.79 Å². The lowest BCUT2D eigenvalue weighted by Crippen LogP contribution is -2.19. The quantitative estimate of drug-likeness (QED) is 0.673. The summed E-state index contributed by atoms with van der Waals surface area (Å²) in [6.07, 6.45) is 1.86. The number of halogens is 1. The van der Waals surface area contributed by atoms with Gasteiger partial charge in [0.05, 0.1) is 12.6 Å². The van der Waals surface area contributed by atoms with Gasteiger partial charge in [-0.25, -0.2) is 5.43 Å². The fourth-order valence-corrected chi connectivity index (χ4v) is 2.45. The topological polar surface area (TPSA) is 59.9 Å². The third-order valence-corrected chi connectivity index (χ3v) is 3.78. The second kappa shape index (κ2) is 6.62. The molecule has 2 aromatic rings. The van der Waals surface area contributed by atoms with E-state index < -0.39 is 0 Å². The van der Waals surface area contributed by atoms with E-state index >= 15 is 0 Å². The highest BCUT2D eigenvalue weighted by molar-refractivity contribution is 9.10. The van der Waals surface area contributed by atoms with Gasteiger partial charge in [0.2, 0.25) is 12.7 Å². The number of hydrazone groups is 1. The van der Waals surface area contributed by atoms with Crippen LogP contribution in [0, 0.1) is 0 Å². The van der Waals surface area contributed by atoms with Crippen molar-refractivity contribution in [2.75, 3.05) is 6.79 Å². The zero-order valence-corrected chi connectivity index (χ0v) is 13.2. The van der Waals surface area contributed by atoms with Crippen molar-refractivity contribution in [1.82, 2.24) is 5.43 Å². The van der Waals surface area contributed by atoms with Crippen LogP contribution in [0.15, 0.2) is 52.0 Å². The average Bonchev–Trinajstić information content (AvgIpc) is 2.95. The number of benzene rings is 2. The standard InChI is InChI=1S/C16H13BrN2O3/c17-13-8-15-14(21-10-22-15)7-12(13)9-18-19-16(20)6-11-4-2-1-3-5-11/h1-5,7-9H,6,10H2,(H,19,20)/b18-9+. The molecule has 0 saturated carbocycles. The summed E-state index contributed by atoms with van der Waals surface area (Å²) in [5, 5.41) is 3.97. The molecule has 0 aliphatic carbocycles. The predicted octanol–water partition coefficient (Wildman–Crippen LogP) is 2.87. The lowest BCUT2D eigenvalue weighted by molar-refractivity contribution is -0.120. The number of nitrogens with zero attached hydrogens (tertiary/aromatic N) is 1. The predicted molar refractivity (Wildman–Crippen MR) is 86.1 cm³/mol. The van der Waals surface area contributed by atoms with Crippen molar-refractivity contribution in [3.8, 4) is 11.5 Å². The van der Waals surface area contributed by atoms with Gasteiger partial charge in [0.15, 0.2) is 11.5 Å². The van der Waals surface area contributed by atoms with Crippen molar-refractivity contribution in [2.24, 2.45) is 5.10 Å². The Morgan fingerprint density at radius 3 is 2.73 bits per heavy atom. The van der Waals surface area contributed by atoms with Crippen molar-refractivity contribution in [3.63, 3.8) is 0 Å².